The van der Waals surface area contributed by atoms with Crippen molar-refractivity contribution in [1.29, 1.82) is 0 Å². The van der Waals surface area contributed by atoms with E-state index in [1.54, 1.807) is 13.0 Å². The molecule has 3 aromatic rings. The molecule has 1 heterocycles. The highest BCUT2D eigenvalue weighted by atomic mass is 79.9. The van der Waals surface area contributed by atoms with Crippen LogP contribution in [0.1, 0.15) is 11.4 Å². The molecule has 154 valence electrons. The Balaban J connectivity index is 2.30. The van der Waals surface area contributed by atoms with Crippen LogP contribution in [0.25, 0.3) is 22.5 Å². The molecule has 0 saturated heterocycles. The molecule has 0 atom stereocenters. The number of hydrogen-bond acceptors (Lipinski definition) is 3. The van der Waals surface area contributed by atoms with E-state index < -0.39 is 49.6 Å². The molecule has 11 heteroatoms. The van der Waals surface area contributed by atoms with Crippen molar-refractivity contribution in [2.45, 2.75) is 18.0 Å². The van der Waals surface area contributed by atoms with Gasteiger partial charge in [-0.2, -0.15) is 13.2 Å². The predicted molar refractivity (Wildman–Crippen MR) is 99.9 cm³/mol. The van der Waals surface area contributed by atoms with Crippen LogP contribution < -0.4 is 0 Å². The molecule has 1 N–H and O–H groups in total. The summed E-state index contributed by atoms with van der Waals surface area (Å²) in [6, 6.07) is 5.58. The maximum Gasteiger partial charge on any atom is 0.449 e. The first-order valence-corrected chi connectivity index (χ1v) is 10.6. The van der Waals surface area contributed by atoms with Gasteiger partial charge < -0.3 is 4.98 Å². The molecule has 0 saturated carbocycles. The molecule has 0 fully saturated rings. The zero-order chi connectivity index (χ0) is 21.7. The fourth-order valence-corrected chi connectivity index (χ4v) is 3.76. The number of sulfone groups is 1. The number of benzene rings is 2. The van der Waals surface area contributed by atoms with Crippen LogP contribution in [0.5, 0.6) is 0 Å². The Labute approximate surface area is 170 Å². The van der Waals surface area contributed by atoms with Crippen LogP contribution in [0, 0.1) is 18.6 Å². The van der Waals surface area contributed by atoms with Crippen molar-refractivity contribution in [2.24, 2.45) is 0 Å². The molecule has 0 bridgehead atoms. The summed E-state index contributed by atoms with van der Waals surface area (Å²) < 4.78 is 92.2. The Morgan fingerprint density at radius 2 is 1.72 bits per heavy atom. The second-order valence-electron chi connectivity index (χ2n) is 6.31. The topological polar surface area (TPSA) is 62.8 Å². The lowest BCUT2D eigenvalue weighted by atomic mass is 10.0. The predicted octanol–water partition coefficient (Wildman–Crippen LogP) is 5.52. The molecule has 0 amide bonds. The van der Waals surface area contributed by atoms with Gasteiger partial charge in [0.25, 0.3) is 0 Å². The first-order valence-electron chi connectivity index (χ1n) is 7.92. The number of nitrogens with zero attached hydrogens (tertiary/aromatic N) is 1. The van der Waals surface area contributed by atoms with Gasteiger partial charge in [-0.25, -0.2) is 22.2 Å². The lowest BCUT2D eigenvalue weighted by Gasteiger charge is -2.08. The molecular weight excluding hydrogens is 483 g/mol. The summed E-state index contributed by atoms with van der Waals surface area (Å²) in [5, 5.41) is 0. The second kappa shape index (κ2) is 7.21. The molecule has 1 aromatic heterocycles. The van der Waals surface area contributed by atoms with Gasteiger partial charge in [-0.05, 0) is 30.7 Å². The summed E-state index contributed by atoms with van der Waals surface area (Å²) in [6.07, 6.45) is -4.17. The molecule has 0 radical (unpaired) electrons. The summed E-state index contributed by atoms with van der Waals surface area (Å²) in [5.74, 6) is -3.91. The third-order valence-electron chi connectivity index (χ3n) is 4.11. The van der Waals surface area contributed by atoms with Crippen molar-refractivity contribution in [3.8, 4) is 22.5 Å². The van der Waals surface area contributed by atoms with Gasteiger partial charge in [0.15, 0.2) is 9.84 Å². The standard InChI is InChI=1S/C18H12BrF5N2O2S/c1-8-3-4-9(5-11(8)19)15-16(26-17(25-15)18(22,23)24)10-6-13(21)14(7-12(10)20)29(2,27)28/h3-7H,1-2H3,(H,25,26). The zero-order valence-electron chi connectivity index (χ0n) is 14.8. The van der Waals surface area contributed by atoms with Gasteiger partial charge in [-0.3, -0.25) is 0 Å². The Hall–Kier alpha value is -2.27. The minimum atomic E-state index is -4.86. The first-order chi connectivity index (χ1) is 13.3. The molecule has 2 aromatic carbocycles. The number of hydrogen-bond donors (Lipinski definition) is 1. The van der Waals surface area contributed by atoms with Crippen LogP contribution in [-0.4, -0.2) is 24.6 Å². The SMILES string of the molecule is Cc1ccc(-c2[nH]c(C(F)(F)F)nc2-c2cc(F)c(S(C)(=O)=O)cc2F)cc1Br. The van der Waals surface area contributed by atoms with E-state index in [-0.39, 0.29) is 11.3 Å². The number of imidazole rings is 1. The summed E-state index contributed by atoms with van der Waals surface area (Å²) in [6.45, 7) is 1.77. The quantitative estimate of drug-likeness (QED) is 0.488. The lowest BCUT2D eigenvalue weighted by Crippen LogP contribution is -2.07. The van der Waals surface area contributed by atoms with Gasteiger partial charge in [0.2, 0.25) is 5.82 Å². The Morgan fingerprint density at radius 1 is 1.07 bits per heavy atom. The first kappa shape index (κ1) is 21.4. The number of rotatable bonds is 3. The van der Waals surface area contributed by atoms with E-state index >= 15 is 0 Å². The van der Waals surface area contributed by atoms with E-state index in [1.165, 1.54) is 12.1 Å². The van der Waals surface area contributed by atoms with Crippen molar-refractivity contribution in [3.05, 3.63) is 57.8 Å². The number of halogens is 6. The fraction of sp³-hybridized carbons (Fsp3) is 0.167. The zero-order valence-corrected chi connectivity index (χ0v) is 17.2. The van der Waals surface area contributed by atoms with Crippen LogP contribution in [0.3, 0.4) is 0 Å². The largest absolute Gasteiger partial charge is 0.449 e. The number of aromatic amines is 1. The number of alkyl halides is 3. The van der Waals surface area contributed by atoms with E-state index in [0.717, 1.165) is 5.56 Å². The molecule has 0 aliphatic heterocycles. The minimum absolute atomic E-state index is 0.191. The summed E-state index contributed by atoms with van der Waals surface area (Å²) in [7, 11) is -4.08. The molecule has 0 unspecified atom stereocenters. The smallest absolute Gasteiger partial charge is 0.334 e. The van der Waals surface area contributed by atoms with Crippen molar-refractivity contribution < 1.29 is 30.4 Å². The van der Waals surface area contributed by atoms with E-state index in [1.807, 2.05) is 0 Å². The summed E-state index contributed by atoms with van der Waals surface area (Å²) in [5.41, 5.74) is -0.241. The van der Waals surface area contributed by atoms with Crippen LogP contribution in [0.15, 0.2) is 39.7 Å². The van der Waals surface area contributed by atoms with E-state index in [4.69, 9.17) is 0 Å². The van der Waals surface area contributed by atoms with Crippen LogP contribution in [-0.2, 0) is 16.0 Å². The van der Waals surface area contributed by atoms with Crippen molar-refractivity contribution in [2.75, 3.05) is 6.26 Å². The highest BCUT2D eigenvalue weighted by Gasteiger charge is 2.36. The number of aryl methyl sites for hydroxylation is 1. The van der Waals surface area contributed by atoms with Crippen LogP contribution in [0.4, 0.5) is 22.0 Å². The van der Waals surface area contributed by atoms with Gasteiger partial charge in [-0.15, -0.1) is 0 Å². The maximum atomic E-state index is 14.6. The molecule has 0 aliphatic rings. The molecule has 29 heavy (non-hydrogen) atoms. The molecule has 0 spiro atoms. The highest BCUT2D eigenvalue weighted by molar-refractivity contribution is 9.10. The lowest BCUT2D eigenvalue weighted by molar-refractivity contribution is -0.144. The van der Waals surface area contributed by atoms with Crippen LogP contribution >= 0.6 is 15.9 Å². The average Bonchev–Trinajstić information content (AvgIpc) is 3.03. The fourth-order valence-electron chi connectivity index (χ4n) is 2.65. The van der Waals surface area contributed by atoms with Gasteiger partial charge >= 0.3 is 6.18 Å². The molecule has 4 nitrogen and oxygen atoms in total. The van der Waals surface area contributed by atoms with Crippen LogP contribution in [0.2, 0.25) is 0 Å². The van der Waals surface area contributed by atoms with Crippen molar-refractivity contribution >= 4 is 25.8 Å². The molecule has 0 aliphatic carbocycles. The normalized spacial score (nSPS) is 12.4. The van der Waals surface area contributed by atoms with Crippen molar-refractivity contribution in [3.63, 3.8) is 0 Å². The molecule has 3 rings (SSSR count). The average molecular weight is 495 g/mol. The molecular formula is C18H12BrF5N2O2S. The summed E-state index contributed by atoms with van der Waals surface area (Å²) in [4.78, 5) is 4.63. The third kappa shape index (κ3) is 4.20. The van der Waals surface area contributed by atoms with Gasteiger partial charge in [0.1, 0.15) is 16.5 Å². The van der Waals surface area contributed by atoms with E-state index in [0.29, 0.717) is 22.9 Å². The third-order valence-corrected chi connectivity index (χ3v) is 6.08. The monoisotopic (exact) mass is 494 g/mol. The number of H-pyrrole nitrogens is 1. The van der Waals surface area contributed by atoms with Gasteiger partial charge in [0, 0.05) is 21.9 Å². The van der Waals surface area contributed by atoms with Crippen molar-refractivity contribution in [1.82, 2.24) is 9.97 Å². The number of aromatic nitrogens is 2. The van der Waals surface area contributed by atoms with E-state index in [9.17, 15) is 30.4 Å². The summed E-state index contributed by atoms with van der Waals surface area (Å²) >= 11 is 3.27. The Kier molecular flexibility index (Phi) is 5.33. The van der Waals surface area contributed by atoms with E-state index in [2.05, 4.69) is 25.9 Å². The Bertz CT molecular complexity index is 1220. The Morgan fingerprint density at radius 3 is 2.28 bits per heavy atom. The van der Waals surface area contributed by atoms with Gasteiger partial charge in [0.05, 0.1) is 11.4 Å². The highest BCUT2D eigenvalue weighted by Crippen LogP contribution is 2.38. The minimum Gasteiger partial charge on any atom is -0.334 e. The number of nitrogens with one attached hydrogen (secondary N) is 1. The maximum absolute atomic E-state index is 14.6. The van der Waals surface area contributed by atoms with Gasteiger partial charge in [-0.1, -0.05) is 28.1 Å². The second-order valence-corrected chi connectivity index (χ2v) is 9.14.